The van der Waals surface area contributed by atoms with Crippen molar-refractivity contribution >= 4 is 28.5 Å². The molecule has 0 aliphatic carbocycles. The maximum Gasteiger partial charge on any atom is 0.222 e. The standard InChI is InChI=1S/C9H14IN3O/c1-3-14-7(2)4-11-9-12-5-8(10)6-13-9/h5-7H,3-4H2,1-2H3,(H,11,12,13). The third-order valence-electron chi connectivity index (χ3n) is 1.62. The number of anilines is 1. The van der Waals surface area contributed by atoms with Crippen molar-refractivity contribution in [3.05, 3.63) is 16.0 Å². The number of rotatable bonds is 5. The van der Waals surface area contributed by atoms with E-state index in [4.69, 9.17) is 4.74 Å². The average Bonchev–Trinajstić information content (AvgIpc) is 2.17. The van der Waals surface area contributed by atoms with Gasteiger partial charge in [-0.15, -0.1) is 0 Å². The molecule has 14 heavy (non-hydrogen) atoms. The monoisotopic (exact) mass is 307 g/mol. The van der Waals surface area contributed by atoms with E-state index in [1.54, 1.807) is 12.4 Å². The fourth-order valence-corrected chi connectivity index (χ4v) is 1.26. The summed E-state index contributed by atoms with van der Waals surface area (Å²) in [6.07, 6.45) is 3.74. The van der Waals surface area contributed by atoms with Crippen LogP contribution < -0.4 is 5.32 Å². The molecule has 0 aliphatic rings. The molecular weight excluding hydrogens is 293 g/mol. The highest BCUT2D eigenvalue weighted by Crippen LogP contribution is 2.03. The lowest BCUT2D eigenvalue weighted by Gasteiger charge is -2.11. The molecule has 0 bridgehead atoms. The number of aromatic nitrogens is 2. The Morgan fingerprint density at radius 1 is 1.50 bits per heavy atom. The Bertz CT molecular complexity index is 265. The normalized spacial score (nSPS) is 12.5. The van der Waals surface area contributed by atoms with E-state index in [1.165, 1.54) is 0 Å². The van der Waals surface area contributed by atoms with Gasteiger partial charge >= 0.3 is 0 Å². The second-order valence-electron chi connectivity index (χ2n) is 2.87. The van der Waals surface area contributed by atoms with Gasteiger partial charge in [0, 0.05) is 29.1 Å². The highest BCUT2D eigenvalue weighted by Gasteiger charge is 2.01. The van der Waals surface area contributed by atoms with Gasteiger partial charge in [-0.1, -0.05) is 0 Å². The Labute approximate surface area is 97.6 Å². The molecule has 0 fully saturated rings. The molecule has 4 nitrogen and oxygen atoms in total. The number of nitrogens with one attached hydrogen (secondary N) is 1. The van der Waals surface area contributed by atoms with Crippen LogP contribution >= 0.6 is 22.6 Å². The van der Waals surface area contributed by atoms with Crippen LogP contribution in [0.5, 0.6) is 0 Å². The van der Waals surface area contributed by atoms with Crippen LogP contribution in [0.3, 0.4) is 0 Å². The second kappa shape index (κ2) is 6.13. The summed E-state index contributed by atoms with van der Waals surface area (Å²) >= 11 is 2.17. The number of hydrogen-bond donors (Lipinski definition) is 1. The molecule has 1 heterocycles. The minimum absolute atomic E-state index is 0.183. The first-order chi connectivity index (χ1) is 6.72. The molecular formula is C9H14IN3O. The fourth-order valence-electron chi connectivity index (χ4n) is 0.982. The zero-order valence-electron chi connectivity index (χ0n) is 8.33. The van der Waals surface area contributed by atoms with Gasteiger partial charge in [0.1, 0.15) is 0 Å². The molecule has 1 N–H and O–H groups in total. The lowest BCUT2D eigenvalue weighted by Crippen LogP contribution is -2.20. The van der Waals surface area contributed by atoms with Gasteiger partial charge in [-0.05, 0) is 36.4 Å². The van der Waals surface area contributed by atoms with Gasteiger partial charge in [-0.3, -0.25) is 0 Å². The van der Waals surface area contributed by atoms with Gasteiger partial charge < -0.3 is 10.1 Å². The first kappa shape index (κ1) is 11.6. The molecule has 78 valence electrons. The van der Waals surface area contributed by atoms with E-state index in [0.29, 0.717) is 5.95 Å². The predicted molar refractivity (Wildman–Crippen MR) is 64.3 cm³/mol. The molecule has 1 aromatic rings. The van der Waals surface area contributed by atoms with Crippen LogP contribution in [0.15, 0.2) is 12.4 Å². The first-order valence-corrected chi connectivity index (χ1v) is 5.63. The van der Waals surface area contributed by atoms with Crippen molar-refractivity contribution in [1.82, 2.24) is 9.97 Å². The van der Waals surface area contributed by atoms with E-state index >= 15 is 0 Å². The number of hydrogen-bond acceptors (Lipinski definition) is 4. The summed E-state index contributed by atoms with van der Waals surface area (Å²) in [6.45, 7) is 5.46. The molecule has 0 radical (unpaired) electrons. The molecule has 0 saturated carbocycles. The molecule has 0 aliphatic heterocycles. The molecule has 1 aromatic heterocycles. The molecule has 1 rings (SSSR count). The van der Waals surface area contributed by atoms with Gasteiger partial charge in [-0.2, -0.15) is 0 Å². The smallest absolute Gasteiger partial charge is 0.222 e. The molecule has 0 spiro atoms. The summed E-state index contributed by atoms with van der Waals surface area (Å²) < 4.78 is 6.40. The van der Waals surface area contributed by atoms with Crippen molar-refractivity contribution in [1.29, 1.82) is 0 Å². The maximum absolute atomic E-state index is 5.37. The van der Waals surface area contributed by atoms with E-state index in [-0.39, 0.29) is 6.10 Å². The molecule has 0 saturated heterocycles. The Morgan fingerprint density at radius 3 is 2.71 bits per heavy atom. The Morgan fingerprint density at radius 2 is 2.14 bits per heavy atom. The molecule has 1 atom stereocenters. The lowest BCUT2D eigenvalue weighted by molar-refractivity contribution is 0.0854. The Balaban J connectivity index is 2.34. The van der Waals surface area contributed by atoms with Crippen LogP contribution in [0.4, 0.5) is 5.95 Å². The van der Waals surface area contributed by atoms with Crippen molar-refractivity contribution in [3.63, 3.8) is 0 Å². The van der Waals surface area contributed by atoms with Crippen LogP contribution in [0.1, 0.15) is 13.8 Å². The van der Waals surface area contributed by atoms with E-state index in [1.807, 2.05) is 13.8 Å². The first-order valence-electron chi connectivity index (χ1n) is 4.55. The summed E-state index contributed by atoms with van der Waals surface area (Å²) in [5.74, 6) is 0.650. The van der Waals surface area contributed by atoms with Crippen LogP contribution in [-0.4, -0.2) is 29.2 Å². The van der Waals surface area contributed by atoms with Gasteiger partial charge in [0.2, 0.25) is 5.95 Å². The Hall–Kier alpha value is -0.430. The van der Waals surface area contributed by atoms with E-state index in [9.17, 15) is 0 Å². The number of halogens is 1. The van der Waals surface area contributed by atoms with Crippen LogP contribution in [0, 0.1) is 3.57 Å². The van der Waals surface area contributed by atoms with Crippen LogP contribution in [-0.2, 0) is 4.74 Å². The third kappa shape index (κ3) is 4.19. The zero-order valence-corrected chi connectivity index (χ0v) is 10.5. The third-order valence-corrected chi connectivity index (χ3v) is 2.18. The fraction of sp³-hybridized carbons (Fsp3) is 0.556. The van der Waals surface area contributed by atoms with Crippen molar-refractivity contribution in [2.75, 3.05) is 18.5 Å². The van der Waals surface area contributed by atoms with Gasteiger partial charge in [-0.25, -0.2) is 9.97 Å². The topological polar surface area (TPSA) is 47.0 Å². The molecule has 0 aromatic carbocycles. The zero-order chi connectivity index (χ0) is 10.4. The van der Waals surface area contributed by atoms with Crippen molar-refractivity contribution in [3.8, 4) is 0 Å². The molecule has 1 unspecified atom stereocenters. The van der Waals surface area contributed by atoms with Crippen molar-refractivity contribution < 1.29 is 4.74 Å². The van der Waals surface area contributed by atoms with Gasteiger partial charge in [0.05, 0.1) is 6.10 Å². The quantitative estimate of drug-likeness (QED) is 0.844. The Kier molecular flexibility index (Phi) is 5.10. The summed E-state index contributed by atoms with van der Waals surface area (Å²) in [6, 6.07) is 0. The summed E-state index contributed by atoms with van der Waals surface area (Å²) in [5.41, 5.74) is 0. The van der Waals surface area contributed by atoms with E-state index < -0.39 is 0 Å². The minimum Gasteiger partial charge on any atom is -0.377 e. The van der Waals surface area contributed by atoms with Crippen molar-refractivity contribution in [2.45, 2.75) is 20.0 Å². The molecule has 5 heteroatoms. The SMILES string of the molecule is CCOC(C)CNc1ncc(I)cn1. The minimum atomic E-state index is 0.183. The maximum atomic E-state index is 5.37. The van der Waals surface area contributed by atoms with Crippen molar-refractivity contribution in [2.24, 2.45) is 0 Å². The van der Waals surface area contributed by atoms with Gasteiger partial charge in [0.25, 0.3) is 0 Å². The highest BCUT2D eigenvalue weighted by atomic mass is 127. The second-order valence-corrected chi connectivity index (χ2v) is 4.12. The predicted octanol–water partition coefficient (Wildman–Crippen LogP) is 1.92. The summed E-state index contributed by atoms with van der Waals surface area (Å²) in [7, 11) is 0. The number of nitrogens with zero attached hydrogens (tertiary/aromatic N) is 2. The van der Waals surface area contributed by atoms with Crippen LogP contribution in [0.25, 0.3) is 0 Å². The lowest BCUT2D eigenvalue weighted by atomic mass is 10.4. The highest BCUT2D eigenvalue weighted by molar-refractivity contribution is 14.1. The molecule has 0 amide bonds. The summed E-state index contributed by atoms with van der Waals surface area (Å²) in [5, 5.41) is 3.11. The summed E-state index contributed by atoms with van der Waals surface area (Å²) in [4.78, 5) is 8.25. The average molecular weight is 307 g/mol. The number of ether oxygens (including phenoxy) is 1. The van der Waals surface area contributed by atoms with E-state index in [0.717, 1.165) is 16.7 Å². The van der Waals surface area contributed by atoms with Crippen LogP contribution in [0.2, 0.25) is 0 Å². The van der Waals surface area contributed by atoms with E-state index in [2.05, 4.69) is 37.9 Å². The largest absolute Gasteiger partial charge is 0.377 e. The van der Waals surface area contributed by atoms with Gasteiger partial charge in [0.15, 0.2) is 0 Å².